The largest absolute Gasteiger partial charge is 0.480 e. The van der Waals surface area contributed by atoms with E-state index in [4.69, 9.17) is 0 Å². The lowest BCUT2D eigenvalue weighted by molar-refractivity contribution is -0.142. The van der Waals surface area contributed by atoms with E-state index in [1.807, 2.05) is 32.2 Å². The zero-order valence-corrected chi connectivity index (χ0v) is 13.8. The van der Waals surface area contributed by atoms with E-state index in [0.717, 1.165) is 22.9 Å². The molecule has 1 atom stereocenters. The molecule has 2 rings (SSSR count). The van der Waals surface area contributed by atoms with Crippen molar-refractivity contribution in [3.05, 3.63) is 35.5 Å². The SMILES string of the molecule is CCc1cccc2c(CC(=O)N[C@H](CC(C)C)C(=O)O)c[nH]c12. The second kappa shape index (κ2) is 7.31. The van der Waals surface area contributed by atoms with E-state index in [0.29, 0.717) is 6.42 Å². The van der Waals surface area contributed by atoms with Crippen molar-refractivity contribution < 1.29 is 14.7 Å². The highest BCUT2D eigenvalue weighted by molar-refractivity contribution is 5.91. The van der Waals surface area contributed by atoms with E-state index in [2.05, 4.69) is 23.3 Å². The molecule has 0 bridgehead atoms. The Morgan fingerprint density at radius 3 is 2.61 bits per heavy atom. The van der Waals surface area contributed by atoms with Crippen LogP contribution in [-0.4, -0.2) is 28.0 Å². The number of aromatic nitrogens is 1. The van der Waals surface area contributed by atoms with E-state index in [9.17, 15) is 14.7 Å². The van der Waals surface area contributed by atoms with Gasteiger partial charge in [0, 0.05) is 17.1 Å². The van der Waals surface area contributed by atoms with Gasteiger partial charge in [-0.3, -0.25) is 4.79 Å². The quantitative estimate of drug-likeness (QED) is 0.734. The monoisotopic (exact) mass is 316 g/mol. The van der Waals surface area contributed by atoms with E-state index in [1.54, 1.807) is 0 Å². The molecular weight excluding hydrogens is 292 g/mol. The highest BCUT2D eigenvalue weighted by atomic mass is 16.4. The van der Waals surface area contributed by atoms with Gasteiger partial charge in [0.05, 0.1) is 6.42 Å². The summed E-state index contributed by atoms with van der Waals surface area (Å²) < 4.78 is 0. The highest BCUT2D eigenvalue weighted by Gasteiger charge is 2.21. The number of carbonyl (C=O) groups is 2. The summed E-state index contributed by atoms with van der Waals surface area (Å²) in [5.41, 5.74) is 3.15. The van der Waals surface area contributed by atoms with Gasteiger partial charge in [0.2, 0.25) is 5.91 Å². The average Bonchev–Trinajstić information content (AvgIpc) is 2.89. The molecule has 0 saturated carbocycles. The summed E-state index contributed by atoms with van der Waals surface area (Å²) in [6, 6.07) is 5.19. The lowest BCUT2D eigenvalue weighted by atomic mass is 10.0. The Bertz CT molecular complexity index is 703. The molecule has 23 heavy (non-hydrogen) atoms. The van der Waals surface area contributed by atoms with Crippen molar-refractivity contribution >= 4 is 22.8 Å². The summed E-state index contributed by atoms with van der Waals surface area (Å²) in [7, 11) is 0. The number of carboxylic acids is 1. The van der Waals surface area contributed by atoms with E-state index in [-0.39, 0.29) is 18.2 Å². The van der Waals surface area contributed by atoms with Crippen molar-refractivity contribution in [2.75, 3.05) is 0 Å². The molecule has 5 heteroatoms. The first-order valence-corrected chi connectivity index (χ1v) is 8.02. The number of benzene rings is 1. The van der Waals surface area contributed by atoms with Crippen LogP contribution in [0.25, 0.3) is 10.9 Å². The average molecular weight is 316 g/mol. The third-order valence-corrected chi connectivity index (χ3v) is 3.96. The summed E-state index contributed by atoms with van der Waals surface area (Å²) in [6.07, 6.45) is 3.35. The number of aryl methyl sites for hydroxylation is 1. The van der Waals surface area contributed by atoms with Crippen molar-refractivity contribution in [2.24, 2.45) is 5.92 Å². The predicted octanol–water partition coefficient (Wildman–Crippen LogP) is 2.89. The molecule has 0 spiro atoms. The van der Waals surface area contributed by atoms with E-state index in [1.165, 1.54) is 5.56 Å². The van der Waals surface area contributed by atoms with Crippen LogP contribution >= 0.6 is 0 Å². The Labute approximate surface area is 136 Å². The van der Waals surface area contributed by atoms with Gasteiger partial charge in [-0.15, -0.1) is 0 Å². The molecule has 0 radical (unpaired) electrons. The van der Waals surface area contributed by atoms with Crippen LogP contribution in [0.4, 0.5) is 0 Å². The van der Waals surface area contributed by atoms with Gasteiger partial charge in [0.1, 0.15) is 6.04 Å². The molecule has 2 aromatic rings. The summed E-state index contributed by atoms with van der Waals surface area (Å²) >= 11 is 0. The number of aromatic amines is 1. The maximum atomic E-state index is 12.2. The molecule has 0 saturated heterocycles. The van der Waals surface area contributed by atoms with Crippen molar-refractivity contribution in [3.63, 3.8) is 0 Å². The number of carboxylic acid groups (broad SMARTS) is 1. The molecule has 124 valence electrons. The smallest absolute Gasteiger partial charge is 0.326 e. The molecule has 1 heterocycles. The number of rotatable bonds is 7. The maximum Gasteiger partial charge on any atom is 0.326 e. The lowest BCUT2D eigenvalue weighted by Crippen LogP contribution is -2.42. The minimum Gasteiger partial charge on any atom is -0.480 e. The third-order valence-electron chi connectivity index (χ3n) is 3.96. The number of amides is 1. The van der Waals surface area contributed by atoms with Gasteiger partial charge in [-0.2, -0.15) is 0 Å². The van der Waals surface area contributed by atoms with Crippen molar-refractivity contribution in [2.45, 2.75) is 46.1 Å². The molecule has 1 amide bonds. The fourth-order valence-electron chi connectivity index (χ4n) is 2.83. The van der Waals surface area contributed by atoms with E-state index >= 15 is 0 Å². The fraction of sp³-hybridized carbons (Fsp3) is 0.444. The van der Waals surface area contributed by atoms with Crippen molar-refractivity contribution in [1.29, 1.82) is 0 Å². The summed E-state index contributed by atoms with van der Waals surface area (Å²) in [5, 5.41) is 12.9. The van der Waals surface area contributed by atoms with Crippen LogP contribution < -0.4 is 5.32 Å². The number of H-pyrrole nitrogens is 1. The van der Waals surface area contributed by atoms with Gasteiger partial charge in [0.15, 0.2) is 0 Å². The van der Waals surface area contributed by atoms with Crippen LogP contribution in [0.3, 0.4) is 0 Å². The minimum atomic E-state index is -0.987. The Balaban J connectivity index is 2.12. The zero-order valence-electron chi connectivity index (χ0n) is 13.8. The Morgan fingerprint density at radius 1 is 1.26 bits per heavy atom. The summed E-state index contributed by atoms with van der Waals surface area (Å²) in [6.45, 7) is 5.97. The predicted molar refractivity (Wildman–Crippen MR) is 90.4 cm³/mol. The molecule has 0 aliphatic heterocycles. The summed E-state index contributed by atoms with van der Waals surface area (Å²) in [4.78, 5) is 26.7. The van der Waals surface area contributed by atoms with Crippen LogP contribution in [0, 0.1) is 5.92 Å². The van der Waals surface area contributed by atoms with Gasteiger partial charge in [0.25, 0.3) is 0 Å². The van der Waals surface area contributed by atoms with Crippen LogP contribution in [-0.2, 0) is 22.4 Å². The molecule has 0 fully saturated rings. The summed E-state index contributed by atoms with van der Waals surface area (Å²) in [5.74, 6) is -1.04. The number of aliphatic carboxylic acids is 1. The topological polar surface area (TPSA) is 82.2 Å². The van der Waals surface area contributed by atoms with Gasteiger partial charge >= 0.3 is 5.97 Å². The second-order valence-corrected chi connectivity index (χ2v) is 6.27. The van der Waals surface area contributed by atoms with Gasteiger partial charge < -0.3 is 15.4 Å². The second-order valence-electron chi connectivity index (χ2n) is 6.27. The van der Waals surface area contributed by atoms with Crippen molar-refractivity contribution in [3.8, 4) is 0 Å². The minimum absolute atomic E-state index is 0.176. The number of fused-ring (bicyclic) bond motifs is 1. The standard InChI is InChI=1S/C18H24N2O3/c1-4-12-6-5-7-14-13(10-19-17(12)14)9-16(21)20-15(18(22)23)8-11(2)3/h5-7,10-11,15,19H,4,8-9H2,1-3H3,(H,20,21)(H,22,23)/t15-/m1/s1. The molecule has 1 aromatic carbocycles. The Hall–Kier alpha value is -2.30. The third kappa shape index (κ3) is 4.12. The number of para-hydroxylation sites is 1. The van der Waals surface area contributed by atoms with Gasteiger partial charge in [-0.1, -0.05) is 39.0 Å². The van der Waals surface area contributed by atoms with Crippen LogP contribution in [0.15, 0.2) is 24.4 Å². The number of carbonyl (C=O) groups excluding carboxylic acids is 1. The van der Waals surface area contributed by atoms with Gasteiger partial charge in [-0.05, 0) is 29.9 Å². The van der Waals surface area contributed by atoms with Crippen LogP contribution in [0.5, 0.6) is 0 Å². The Kier molecular flexibility index (Phi) is 5.42. The number of hydrogen-bond donors (Lipinski definition) is 3. The zero-order chi connectivity index (χ0) is 17.0. The van der Waals surface area contributed by atoms with Crippen LogP contribution in [0.2, 0.25) is 0 Å². The maximum absolute atomic E-state index is 12.2. The number of hydrogen-bond acceptors (Lipinski definition) is 2. The lowest BCUT2D eigenvalue weighted by Gasteiger charge is -2.16. The fourth-order valence-corrected chi connectivity index (χ4v) is 2.83. The highest BCUT2D eigenvalue weighted by Crippen LogP contribution is 2.22. The molecule has 3 N–H and O–H groups in total. The van der Waals surface area contributed by atoms with Crippen molar-refractivity contribution in [1.82, 2.24) is 10.3 Å². The van der Waals surface area contributed by atoms with Gasteiger partial charge in [-0.25, -0.2) is 4.79 Å². The number of nitrogens with one attached hydrogen (secondary N) is 2. The molecule has 5 nitrogen and oxygen atoms in total. The molecular formula is C18H24N2O3. The first kappa shape index (κ1) is 17.1. The first-order valence-electron chi connectivity index (χ1n) is 8.02. The Morgan fingerprint density at radius 2 is 2.00 bits per heavy atom. The molecule has 0 aliphatic rings. The van der Waals surface area contributed by atoms with Crippen LogP contribution in [0.1, 0.15) is 38.3 Å². The first-order chi connectivity index (χ1) is 10.9. The van der Waals surface area contributed by atoms with E-state index < -0.39 is 12.0 Å². The molecule has 0 aliphatic carbocycles. The molecule has 0 unspecified atom stereocenters. The normalized spacial score (nSPS) is 12.5. The molecule has 1 aromatic heterocycles.